The largest absolute Gasteiger partial charge is 0.424 e. The molecule has 0 aliphatic heterocycles. The van der Waals surface area contributed by atoms with Gasteiger partial charge in [-0.25, -0.2) is 4.98 Å². The van der Waals surface area contributed by atoms with Gasteiger partial charge in [0.25, 0.3) is 0 Å². The molecular weight excluding hydrogens is 290 g/mol. The van der Waals surface area contributed by atoms with Gasteiger partial charge in [0.2, 0.25) is 11.2 Å². The summed E-state index contributed by atoms with van der Waals surface area (Å²) < 4.78 is 7.36. The summed E-state index contributed by atoms with van der Waals surface area (Å²) in [5.41, 5.74) is 2.08. The molecule has 0 bridgehead atoms. The van der Waals surface area contributed by atoms with E-state index < -0.39 is 0 Å². The molecule has 0 aliphatic carbocycles. The van der Waals surface area contributed by atoms with E-state index in [1.54, 1.807) is 23.3 Å². The van der Waals surface area contributed by atoms with Crippen LogP contribution in [0.2, 0.25) is 5.28 Å². The Balaban J connectivity index is 1.97. The third-order valence-corrected chi connectivity index (χ3v) is 3.03. The molecule has 21 heavy (non-hydrogen) atoms. The SMILES string of the molecule is Cc1ccc(C)c(Oc2nc(Cl)nc(-n3ccnc3)n2)c1. The predicted octanol–water partition coefficient (Wildman–Crippen LogP) is 3.12. The van der Waals surface area contributed by atoms with Crippen LogP contribution in [-0.4, -0.2) is 24.5 Å². The fourth-order valence-electron chi connectivity index (χ4n) is 1.78. The highest BCUT2D eigenvalue weighted by molar-refractivity contribution is 6.28. The van der Waals surface area contributed by atoms with Gasteiger partial charge in [-0.05, 0) is 42.6 Å². The lowest BCUT2D eigenvalue weighted by atomic mass is 10.1. The number of imidazole rings is 1. The van der Waals surface area contributed by atoms with Gasteiger partial charge in [0.05, 0.1) is 0 Å². The Morgan fingerprint density at radius 2 is 2.00 bits per heavy atom. The van der Waals surface area contributed by atoms with Crippen molar-refractivity contribution in [2.24, 2.45) is 0 Å². The van der Waals surface area contributed by atoms with E-state index in [0.717, 1.165) is 11.1 Å². The highest BCUT2D eigenvalue weighted by Gasteiger charge is 2.10. The number of halogens is 1. The molecule has 2 heterocycles. The van der Waals surface area contributed by atoms with Crippen LogP contribution < -0.4 is 4.74 Å². The predicted molar refractivity (Wildman–Crippen MR) is 77.9 cm³/mol. The van der Waals surface area contributed by atoms with Crippen molar-refractivity contribution in [3.8, 4) is 17.7 Å². The van der Waals surface area contributed by atoms with Gasteiger partial charge >= 0.3 is 6.01 Å². The fourth-order valence-corrected chi connectivity index (χ4v) is 1.92. The van der Waals surface area contributed by atoms with Gasteiger partial charge in [0, 0.05) is 12.4 Å². The third-order valence-electron chi connectivity index (χ3n) is 2.86. The van der Waals surface area contributed by atoms with Gasteiger partial charge in [-0.2, -0.15) is 15.0 Å². The number of aromatic nitrogens is 5. The van der Waals surface area contributed by atoms with Crippen molar-refractivity contribution in [2.75, 3.05) is 0 Å². The number of ether oxygens (including phenoxy) is 1. The summed E-state index contributed by atoms with van der Waals surface area (Å²) >= 11 is 5.93. The first kappa shape index (κ1) is 13.5. The minimum atomic E-state index is 0.0639. The van der Waals surface area contributed by atoms with Crippen molar-refractivity contribution in [3.05, 3.63) is 53.3 Å². The van der Waals surface area contributed by atoms with E-state index in [-0.39, 0.29) is 11.3 Å². The Morgan fingerprint density at radius 1 is 1.14 bits per heavy atom. The first-order valence-corrected chi connectivity index (χ1v) is 6.64. The lowest BCUT2D eigenvalue weighted by molar-refractivity contribution is 0.434. The highest BCUT2D eigenvalue weighted by Crippen LogP contribution is 2.24. The summed E-state index contributed by atoms with van der Waals surface area (Å²) in [5, 5.41) is 0.0639. The lowest BCUT2D eigenvalue weighted by Crippen LogP contribution is -2.03. The van der Waals surface area contributed by atoms with Crippen molar-refractivity contribution in [1.29, 1.82) is 0 Å². The first-order valence-electron chi connectivity index (χ1n) is 6.27. The normalized spacial score (nSPS) is 10.6. The Hall–Kier alpha value is -2.47. The molecule has 2 aromatic heterocycles. The Labute approximate surface area is 126 Å². The molecule has 106 valence electrons. The average Bonchev–Trinajstić information content (AvgIpc) is 2.96. The van der Waals surface area contributed by atoms with E-state index in [0.29, 0.717) is 11.7 Å². The number of nitrogens with zero attached hydrogens (tertiary/aromatic N) is 5. The summed E-state index contributed by atoms with van der Waals surface area (Å²) in [6.45, 7) is 3.94. The smallest absolute Gasteiger partial charge is 0.328 e. The minimum Gasteiger partial charge on any atom is -0.424 e. The van der Waals surface area contributed by atoms with E-state index in [2.05, 4.69) is 19.9 Å². The van der Waals surface area contributed by atoms with Crippen LogP contribution in [0.25, 0.3) is 5.95 Å². The molecule has 0 unspecified atom stereocenters. The molecule has 0 saturated heterocycles. The van der Waals surface area contributed by atoms with Crippen LogP contribution in [0.3, 0.4) is 0 Å². The van der Waals surface area contributed by atoms with Crippen molar-refractivity contribution in [3.63, 3.8) is 0 Å². The quantitative estimate of drug-likeness (QED) is 0.743. The third kappa shape index (κ3) is 3.00. The van der Waals surface area contributed by atoms with Gasteiger partial charge in [-0.1, -0.05) is 12.1 Å². The van der Waals surface area contributed by atoms with Crippen molar-refractivity contribution in [1.82, 2.24) is 24.5 Å². The summed E-state index contributed by atoms with van der Waals surface area (Å²) in [6, 6.07) is 6.06. The molecule has 0 saturated carbocycles. The molecular formula is C14H12ClN5O. The van der Waals surface area contributed by atoms with E-state index in [4.69, 9.17) is 16.3 Å². The maximum Gasteiger partial charge on any atom is 0.328 e. The topological polar surface area (TPSA) is 65.7 Å². The molecule has 0 aliphatic rings. The van der Waals surface area contributed by atoms with E-state index in [1.165, 1.54) is 0 Å². The maximum absolute atomic E-state index is 5.93. The van der Waals surface area contributed by atoms with Gasteiger partial charge in [-0.3, -0.25) is 4.57 Å². The first-order chi connectivity index (χ1) is 10.1. The molecule has 3 rings (SSSR count). The van der Waals surface area contributed by atoms with Crippen LogP contribution in [-0.2, 0) is 0 Å². The van der Waals surface area contributed by atoms with Crippen LogP contribution >= 0.6 is 11.6 Å². The molecule has 7 heteroatoms. The monoisotopic (exact) mass is 301 g/mol. The number of hydrogen-bond acceptors (Lipinski definition) is 5. The molecule has 0 fully saturated rings. The Morgan fingerprint density at radius 3 is 2.76 bits per heavy atom. The number of aryl methyl sites for hydroxylation is 2. The second-order valence-electron chi connectivity index (χ2n) is 4.53. The van der Waals surface area contributed by atoms with Crippen molar-refractivity contribution in [2.45, 2.75) is 13.8 Å². The second kappa shape index (κ2) is 5.49. The summed E-state index contributed by atoms with van der Waals surface area (Å²) in [4.78, 5) is 16.2. The molecule has 6 nitrogen and oxygen atoms in total. The Bertz CT molecular complexity index is 773. The summed E-state index contributed by atoms with van der Waals surface area (Å²) in [6.07, 6.45) is 4.92. The van der Waals surface area contributed by atoms with Gasteiger partial charge in [0.15, 0.2) is 0 Å². The molecule has 0 atom stereocenters. The second-order valence-corrected chi connectivity index (χ2v) is 4.87. The zero-order valence-corrected chi connectivity index (χ0v) is 12.2. The summed E-state index contributed by atoms with van der Waals surface area (Å²) in [5.74, 6) is 1.04. The molecule has 0 amide bonds. The number of rotatable bonds is 3. The van der Waals surface area contributed by atoms with E-state index in [1.807, 2.05) is 32.0 Å². The summed E-state index contributed by atoms with van der Waals surface area (Å²) in [7, 11) is 0. The number of hydrogen-bond donors (Lipinski definition) is 0. The maximum atomic E-state index is 5.93. The van der Waals surface area contributed by atoms with Gasteiger partial charge in [-0.15, -0.1) is 0 Å². The van der Waals surface area contributed by atoms with Crippen LogP contribution in [0.4, 0.5) is 0 Å². The van der Waals surface area contributed by atoms with Crippen LogP contribution in [0.1, 0.15) is 11.1 Å². The van der Waals surface area contributed by atoms with Gasteiger partial charge < -0.3 is 4.74 Å². The van der Waals surface area contributed by atoms with Crippen molar-refractivity contribution < 1.29 is 4.74 Å². The highest BCUT2D eigenvalue weighted by atomic mass is 35.5. The molecule has 1 aromatic carbocycles. The van der Waals surface area contributed by atoms with Gasteiger partial charge in [0.1, 0.15) is 12.1 Å². The molecule has 0 N–H and O–H groups in total. The standard InChI is InChI=1S/C14H12ClN5O/c1-9-3-4-10(2)11(7-9)21-14-18-12(15)17-13(19-14)20-6-5-16-8-20/h3-8H,1-2H3. The van der Waals surface area contributed by atoms with Crippen molar-refractivity contribution >= 4 is 11.6 Å². The van der Waals surface area contributed by atoms with E-state index >= 15 is 0 Å². The lowest BCUT2D eigenvalue weighted by Gasteiger charge is -2.09. The van der Waals surface area contributed by atoms with Crippen LogP contribution in [0.15, 0.2) is 36.9 Å². The molecule has 0 radical (unpaired) electrons. The van der Waals surface area contributed by atoms with Crippen LogP contribution in [0, 0.1) is 13.8 Å². The zero-order valence-electron chi connectivity index (χ0n) is 11.5. The average molecular weight is 302 g/mol. The molecule has 0 spiro atoms. The molecule has 3 aromatic rings. The minimum absolute atomic E-state index is 0.0639. The Kier molecular flexibility index (Phi) is 3.53. The fraction of sp³-hybridized carbons (Fsp3) is 0.143. The van der Waals surface area contributed by atoms with E-state index in [9.17, 15) is 0 Å². The zero-order chi connectivity index (χ0) is 14.8. The number of benzene rings is 1. The van der Waals surface area contributed by atoms with Crippen LogP contribution in [0.5, 0.6) is 11.8 Å².